The number of sulfonamides is 1. The molecule has 3 aromatic heterocycles. The summed E-state index contributed by atoms with van der Waals surface area (Å²) < 4.78 is 42.4. The molecule has 0 spiro atoms. The number of ketones is 1. The number of thiophene rings is 1. The van der Waals surface area contributed by atoms with Crippen molar-refractivity contribution in [3.63, 3.8) is 0 Å². The minimum atomic E-state index is -3.69. The Bertz CT molecular complexity index is 2160. The number of nitrogens with zero attached hydrogens (tertiary/aromatic N) is 4. The molecule has 0 unspecified atom stereocenters. The van der Waals surface area contributed by atoms with Crippen LogP contribution in [0.2, 0.25) is 0 Å². The molecule has 0 bridgehead atoms. The van der Waals surface area contributed by atoms with Gasteiger partial charge in [0.15, 0.2) is 10.9 Å². The van der Waals surface area contributed by atoms with Crippen molar-refractivity contribution in [2.24, 2.45) is 0 Å². The van der Waals surface area contributed by atoms with Gasteiger partial charge in [-0.2, -0.15) is 4.31 Å². The van der Waals surface area contributed by atoms with E-state index in [0.717, 1.165) is 22.6 Å². The summed E-state index contributed by atoms with van der Waals surface area (Å²) in [6.45, 7) is 9.10. The molecule has 5 aromatic rings. The number of methoxy groups -OCH3 is 1. The van der Waals surface area contributed by atoms with E-state index in [1.165, 1.54) is 27.4 Å². The van der Waals surface area contributed by atoms with Crippen molar-refractivity contribution >= 4 is 49.1 Å². The number of benzene rings is 2. The van der Waals surface area contributed by atoms with Gasteiger partial charge in [0.25, 0.3) is 5.56 Å². The fraction of sp³-hybridized carbons (Fsp3) is 0.324. The summed E-state index contributed by atoms with van der Waals surface area (Å²) in [5.74, 6) is 0.518. The first-order valence-electron chi connectivity index (χ1n) is 15.3. The molecular formula is C34H36N4O6S3. The predicted octanol–water partition coefficient (Wildman–Crippen LogP) is 5.73. The van der Waals surface area contributed by atoms with Crippen LogP contribution in [0.15, 0.2) is 69.4 Å². The highest BCUT2D eigenvalue weighted by molar-refractivity contribution is 7.99. The second kappa shape index (κ2) is 13.4. The smallest absolute Gasteiger partial charge is 0.267 e. The van der Waals surface area contributed by atoms with Crippen molar-refractivity contribution in [2.75, 3.05) is 39.2 Å². The molecule has 1 aliphatic heterocycles. The number of thioether (sulfide) groups is 1. The first-order chi connectivity index (χ1) is 22.5. The number of aryl methyl sites for hydroxylation is 3. The molecule has 0 amide bonds. The van der Waals surface area contributed by atoms with Crippen LogP contribution in [0.3, 0.4) is 0 Å². The Morgan fingerprint density at radius 3 is 2.43 bits per heavy atom. The molecule has 10 nitrogen and oxygen atoms in total. The molecular weight excluding hydrogens is 657 g/mol. The molecule has 1 fully saturated rings. The lowest BCUT2D eigenvalue weighted by Crippen LogP contribution is -2.40. The summed E-state index contributed by atoms with van der Waals surface area (Å²) in [5, 5.41) is 1.01. The van der Waals surface area contributed by atoms with Gasteiger partial charge in [0.2, 0.25) is 10.0 Å². The average molecular weight is 693 g/mol. The molecule has 0 N–H and O–H groups in total. The summed E-state index contributed by atoms with van der Waals surface area (Å²) >= 11 is 2.72. The summed E-state index contributed by atoms with van der Waals surface area (Å²) in [4.78, 5) is 34.7. The van der Waals surface area contributed by atoms with E-state index in [2.05, 4.69) is 6.92 Å². The van der Waals surface area contributed by atoms with Gasteiger partial charge in [-0.3, -0.25) is 14.2 Å². The van der Waals surface area contributed by atoms with Crippen LogP contribution in [0.4, 0.5) is 0 Å². The van der Waals surface area contributed by atoms with Crippen LogP contribution in [0.25, 0.3) is 21.6 Å². The largest absolute Gasteiger partial charge is 0.497 e. The lowest BCUT2D eigenvalue weighted by atomic mass is 10.2. The monoisotopic (exact) mass is 692 g/mol. The van der Waals surface area contributed by atoms with Crippen LogP contribution in [0, 0.1) is 20.8 Å². The predicted molar refractivity (Wildman–Crippen MR) is 186 cm³/mol. The topological polar surface area (TPSA) is 113 Å². The Morgan fingerprint density at radius 1 is 1.02 bits per heavy atom. The number of rotatable bonds is 10. The van der Waals surface area contributed by atoms with E-state index in [-0.39, 0.29) is 22.0 Å². The lowest BCUT2D eigenvalue weighted by molar-refractivity contribution is 0.0730. The standard InChI is InChI=1S/C34H36N4O6S3/c1-6-30-22(3)31-32(46-30)35-34(38(33(31)40)24-9-7-11-26(18-24)43-5)45-20-29(39)28-17-21(2)37(23(28)4)25-10-8-12-27(19-25)47(41,42)36-13-15-44-16-14-36/h7-12,17-19H,6,13-16,20H2,1-5H3. The second-order valence-electron chi connectivity index (χ2n) is 11.3. The fourth-order valence-corrected chi connectivity index (χ4v) is 9.49. The number of ether oxygens (including phenoxy) is 2. The zero-order valence-corrected chi connectivity index (χ0v) is 29.4. The number of hydrogen-bond acceptors (Lipinski definition) is 9. The van der Waals surface area contributed by atoms with Crippen molar-refractivity contribution in [3.8, 4) is 17.1 Å². The van der Waals surface area contributed by atoms with Crippen molar-refractivity contribution in [1.82, 2.24) is 18.4 Å². The highest BCUT2D eigenvalue weighted by Crippen LogP contribution is 2.32. The van der Waals surface area contributed by atoms with E-state index < -0.39 is 10.0 Å². The SMILES string of the molecule is CCc1sc2nc(SCC(=O)c3cc(C)n(-c4cccc(S(=O)(=O)N5CCOCC5)c4)c3C)n(-c3cccc(OC)c3)c(=O)c2c1C. The average Bonchev–Trinajstić information content (AvgIpc) is 3.57. The van der Waals surface area contributed by atoms with Gasteiger partial charge < -0.3 is 14.0 Å². The van der Waals surface area contributed by atoms with Gasteiger partial charge in [0, 0.05) is 46.7 Å². The van der Waals surface area contributed by atoms with E-state index in [4.69, 9.17) is 14.5 Å². The maximum absolute atomic E-state index is 14.0. The molecule has 0 radical (unpaired) electrons. The van der Waals surface area contributed by atoms with Gasteiger partial charge >= 0.3 is 0 Å². The van der Waals surface area contributed by atoms with Crippen molar-refractivity contribution in [1.29, 1.82) is 0 Å². The third-order valence-electron chi connectivity index (χ3n) is 8.41. The van der Waals surface area contributed by atoms with Crippen LogP contribution in [-0.2, 0) is 21.2 Å². The Hall–Kier alpha value is -3.75. The highest BCUT2D eigenvalue weighted by atomic mass is 32.2. The molecule has 0 atom stereocenters. The molecule has 0 saturated carbocycles. The summed E-state index contributed by atoms with van der Waals surface area (Å²) in [6, 6.07) is 15.8. The van der Waals surface area contributed by atoms with E-state index in [0.29, 0.717) is 70.1 Å². The van der Waals surface area contributed by atoms with E-state index in [9.17, 15) is 18.0 Å². The van der Waals surface area contributed by atoms with E-state index in [1.807, 2.05) is 55.7 Å². The normalized spacial score (nSPS) is 14.1. The molecule has 6 rings (SSSR count). The maximum atomic E-state index is 14.0. The molecule has 2 aromatic carbocycles. The third kappa shape index (κ3) is 6.18. The number of Topliss-reactive ketones (excluding diaryl/α,β-unsaturated/α-hetero) is 1. The van der Waals surface area contributed by atoms with E-state index in [1.54, 1.807) is 35.9 Å². The van der Waals surface area contributed by atoms with Crippen molar-refractivity contribution < 1.29 is 22.7 Å². The Labute approximate surface area is 282 Å². The first kappa shape index (κ1) is 33.2. The third-order valence-corrected chi connectivity index (χ3v) is 12.6. The van der Waals surface area contributed by atoms with Crippen molar-refractivity contribution in [3.05, 3.63) is 92.3 Å². The Morgan fingerprint density at radius 2 is 1.72 bits per heavy atom. The van der Waals surface area contributed by atoms with Gasteiger partial charge in [-0.15, -0.1) is 11.3 Å². The Kier molecular flexibility index (Phi) is 9.45. The number of carbonyl (C=O) groups excluding carboxylic acids is 1. The van der Waals surface area contributed by atoms with Crippen molar-refractivity contribution in [2.45, 2.75) is 44.2 Å². The molecule has 13 heteroatoms. The molecule has 0 aliphatic carbocycles. The zero-order chi connectivity index (χ0) is 33.5. The van der Waals surface area contributed by atoms with Gasteiger partial charge in [-0.1, -0.05) is 30.8 Å². The van der Waals surface area contributed by atoms with Gasteiger partial charge in [-0.25, -0.2) is 13.4 Å². The van der Waals surface area contributed by atoms with Crippen LogP contribution < -0.4 is 10.3 Å². The fourth-order valence-electron chi connectivity index (χ4n) is 5.99. The summed E-state index contributed by atoms with van der Waals surface area (Å²) in [6.07, 6.45) is 0.796. The number of carbonyl (C=O) groups is 1. The first-order valence-corrected chi connectivity index (χ1v) is 18.5. The highest BCUT2D eigenvalue weighted by Gasteiger charge is 2.27. The number of morpholine rings is 1. The zero-order valence-electron chi connectivity index (χ0n) is 26.9. The minimum Gasteiger partial charge on any atom is -0.497 e. The Balaban J connectivity index is 1.33. The molecule has 4 heterocycles. The summed E-state index contributed by atoms with van der Waals surface area (Å²) in [7, 11) is -2.12. The molecule has 1 saturated heterocycles. The second-order valence-corrected chi connectivity index (χ2v) is 15.2. The van der Waals surface area contributed by atoms with Gasteiger partial charge in [0.05, 0.1) is 42.0 Å². The quantitative estimate of drug-likeness (QED) is 0.104. The van der Waals surface area contributed by atoms with Crippen LogP contribution in [-0.4, -0.2) is 71.8 Å². The van der Waals surface area contributed by atoms with Crippen LogP contribution in [0.1, 0.15) is 39.1 Å². The lowest BCUT2D eigenvalue weighted by Gasteiger charge is -2.26. The number of hydrogen-bond donors (Lipinski definition) is 0. The van der Waals surface area contributed by atoms with Gasteiger partial charge in [0.1, 0.15) is 10.6 Å². The molecule has 1 aliphatic rings. The maximum Gasteiger partial charge on any atom is 0.267 e. The molecule has 47 heavy (non-hydrogen) atoms. The van der Waals surface area contributed by atoms with Crippen LogP contribution >= 0.6 is 23.1 Å². The minimum absolute atomic E-state index is 0.0443. The molecule has 246 valence electrons. The van der Waals surface area contributed by atoms with Gasteiger partial charge in [-0.05, 0) is 69.2 Å². The summed E-state index contributed by atoms with van der Waals surface area (Å²) in [5.41, 5.74) is 4.02. The van der Waals surface area contributed by atoms with Crippen LogP contribution in [0.5, 0.6) is 5.75 Å². The number of aromatic nitrogens is 3. The van der Waals surface area contributed by atoms with E-state index >= 15 is 0 Å². The number of fused-ring (bicyclic) bond motifs is 1.